The minimum atomic E-state index is -0.0788. The van der Waals surface area contributed by atoms with Crippen LogP contribution in [0.1, 0.15) is 31.0 Å². The third-order valence-electron chi connectivity index (χ3n) is 5.40. The van der Waals surface area contributed by atoms with Gasteiger partial charge in [0.05, 0.1) is 11.6 Å². The smallest absolute Gasteiger partial charge is 0.263 e. The molecule has 0 saturated carbocycles. The van der Waals surface area contributed by atoms with Crippen LogP contribution in [-0.2, 0) is 17.6 Å². The lowest BCUT2D eigenvalue weighted by Gasteiger charge is -2.33. The number of fused-ring (bicyclic) bond motifs is 1. The van der Waals surface area contributed by atoms with Crippen molar-refractivity contribution in [2.24, 2.45) is 5.92 Å². The molecule has 0 radical (unpaired) electrons. The summed E-state index contributed by atoms with van der Waals surface area (Å²) >= 11 is 6.19. The Labute approximate surface area is 174 Å². The number of carbonyl (C=O) groups excluding carboxylic acids is 1. The molecule has 8 heteroatoms. The summed E-state index contributed by atoms with van der Waals surface area (Å²) in [6.07, 6.45) is 4.76. The fraction of sp³-hybridized carbons (Fsp3) is 0.429. The molecule has 1 aliphatic heterocycles. The van der Waals surface area contributed by atoms with Gasteiger partial charge in [-0.15, -0.1) is 0 Å². The Balaban J connectivity index is 1.41. The van der Waals surface area contributed by atoms with Crippen molar-refractivity contribution in [3.8, 4) is 0 Å². The first-order valence-corrected chi connectivity index (χ1v) is 10.4. The maximum absolute atomic E-state index is 12.8. The predicted octanol–water partition coefficient (Wildman–Crippen LogP) is 3.41. The number of anilines is 1. The van der Waals surface area contributed by atoms with Crippen molar-refractivity contribution in [1.82, 2.24) is 20.4 Å². The maximum Gasteiger partial charge on any atom is 0.263 e. The van der Waals surface area contributed by atoms with E-state index < -0.39 is 0 Å². The first-order chi connectivity index (χ1) is 14.2. The molecule has 2 aromatic heterocycles. The van der Waals surface area contributed by atoms with E-state index >= 15 is 0 Å². The summed E-state index contributed by atoms with van der Waals surface area (Å²) in [6, 6.07) is 7.72. The second-order valence-corrected chi connectivity index (χ2v) is 7.69. The van der Waals surface area contributed by atoms with Gasteiger partial charge in [0.1, 0.15) is 17.5 Å². The molecule has 4 rings (SSSR count). The fourth-order valence-electron chi connectivity index (χ4n) is 3.86. The number of aryl methyl sites for hydroxylation is 1. The van der Waals surface area contributed by atoms with E-state index in [4.69, 9.17) is 16.1 Å². The van der Waals surface area contributed by atoms with Crippen LogP contribution in [0.25, 0.3) is 11.1 Å². The van der Waals surface area contributed by atoms with Gasteiger partial charge in [0.25, 0.3) is 5.71 Å². The molecule has 1 unspecified atom stereocenters. The van der Waals surface area contributed by atoms with Gasteiger partial charge in [-0.05, 0) is 37.3 Å². The van der Waals surface area contributed by atoms with Crippen LogP contribution in [-0.4, -0.2) is 40.7 Å². The SMILES string of the molecule is CCc1noc2ncnc(N3CCCC(C(=O)NCCc4ccccc4Cl)C3)c12. The van der Waals surface area contributed by atoms with Crippen LogP contribution in [0.15, 0.2) is 35.1 Å². The number of nitrogens with zero attached hydrogens (tertiary/aromatic N) is 4. The van der Waals surface area contributed by atoms with E-state index in [0.29, 0.717) is 18.8 Å². The van der Waals surface area contributed by atoms with Crippen LogP contribution in [0.4, 0.5) is 5.82 Å². The molecule has 152 valence electrons. The van der Waals surface area contributed by atoms with Crippen LogP contribution in [0.2, 0.25) is 5.02 Å². The zero-order valence-corrected chi connectivity index (χ0v) is 17.2. The summed E-state index contributed by atoms with van der Waals surface area (Å²) < 4.78 is 5.33. The predicted molar refractivity (Wildman–Crippen MR) is 112 cm³/mol. The highest BCUT2D eigenvalue weighted by Crippen LogP contribution is 2.30. The Kier molecular flexibility index (Phi) is 5.94. The summed E-state index contributed by atoms with van der Waals surface area (Å²) in [5.41, 5.74) is 2.39. The van der Waals surface area contributed by atoms with Gasteiger partial charge in [-0.3, -0.25) is 4.79 Å². The molecule has 1 aliphatic rings. The standard InChI is InChI=1S/C21H24ClN5O2/c1-2-17-18-19(24-13-25-21(18)29-26-17)27-11-5-7-15(12-27)20(28)23-10-9-14-6-3-4-8-16(14)22/h3-4,6,8,13,15H,2,5,7,9-12H2,1H3,(H,23,28). The Bertz CT molecular complexity index is 1010. The molecule has 7 nitrogen and oxygen atoms in total. The minimum Gasteiger partial charge on any atom is -0.355 e. The molecular weight excluding hydrogens is 390 g/mol. The zero-order chi connectivity index (χ0) is 20.2. The van der Waals surface area contributed by atoms with E-state index in [1.165, 1.54) is 6.33 Å². The van der Waals surface area contributed by atoms with Gasteiger partial charge in [0, 0.05) is 24.7 Å². The van der Waals surface area contributed by atoms with Gasteiger partial charge in [-0.2, -0.15) is 4.98 Å². The van der Waals surface area contributed by atoms with E-state index in [1.807, 2.05) is 31.2 Å². The fourth-order valence-corrected chi connectivity index (χ4v) is 4.09. The molecular formula is C21H24ClN5O2. The van der Waals surface area contributed by atoms with Gasteiger partial charge in [0.15, 0.2) is 0 Å². The molecule has 0 spiro atoms. The number of hydrogen-bond donors (Lipinski definition) is 1. The summed E-state index contributed by atoms with van der Waals surface area (Å²) in [5, 5.41) is 8.76. The number of benzene rings is 1. The van der Waals surface area contributed by atoms with E-state index in [9.17, 15) is 4.79 Å². The zero-order valence-electron chi connectivity index (χ0n) is 16.4. The number of aromatic nitrogens is 3. The van der Waals surface area contributed by atoms with Crippen molar-refractivity contribution in [2.45, 2.75) is 32.6 Å². The number of carbonyl (C=O) groups is 1. The van der Waals surface area contributed by atoms with Crippen molar-refractivity contribution >= 4 is 34.4 Å². The maximum atomic E-state index is 12.8. The number of piperidine rings is 1. The number of halogens is 1. The van der Waals surface area contributed by atoms with Gasteiger partial charge >= 0.3 is 0 Å². The highest BCUT2D eigenvalue weighted by atomic mass is 35.5. The Morgan fingerprint density at radius 1 is 1.34 bits per heavy atom. The lowest BCUT2D eigenvalue weighted by molar-refractivity contribution is -0.125. The topological polar surface area (TPSA) is 84.2 Å². The molecule has 1 aromatic carbocycles. The van der Waals surface area contributed by atoms with Crippen molar-refractivity contribution in [1.29, 1.82) is 0 Å². The Morgan fingerprint density at radius 2 is 2.21 bits per heavy atom. The molecule has 1 N–H and O–H groups in total. The third-order valence-corrected chi connectivity index (χ3v) is 5.77. The first kappa shape index (κ1) is 19.6. The van der Waals surface area contributed by atoms with E-state index in [-0.39, 0.29) is 11.8 Å². The average Bonchev–Trinajstić information content (AvgIpc) is 3.18. The Morgan fingerprint density at radius 3 is 3.03 bits per heavy atom. The number of rotatable bonds is 6. The molecule has 3 heterocycles. The van der Waals surface area contributed by atoms with Crippen molar-refractivity contribution in [2.75, 3.05) is 24.5 Å². The Hall–Kier alpha value is -2.67. The largest absolute Gasteiger partial charge is 0.355 e. The van der Waals surface area contributed by atoms with Gasteiger partial charge < -0.3 is 14.7 Å². The van der Waals surface area contributed by atoms with Crippen molar-refractivity contribution in [3.63, 3.8) is 0 Å². The normalized spacial score (nSPS) is 16.9. The number of nitrogens with one attached hydrogen (secondary N) is 1. The van der Waals surface area contributed by atoms with Gasteiger partial charge in [-0.25, -0.2) is 4.98 Å². The van der Waals surface area contributed by atoms with Crippen LogP contribution in [0.5, 0.6) is 0 Å². The molecule has 1 fully saturated rings. The minimum absolute atomic E-state index is 0.0769. The van der Waals surface area contributed by atoms with E-state index in [0.717, 1.165) is 59.7 Å². The van der Waals surface area contributed by atoms with Crippen LogP contribution >= 0.6 is 11.6 Å². The van der Waals surface area contributed by atoms with E-state index in [2.05, 4.69) is 25.3 Å². The quantitative estimate of drug-likeness (QED) is 0.666. The summed E-state index contributed by atoms with van der Waals surface area (Å²) in [7, 11) is 0. The highest BCUT2D eigenvalue weighted by Gasteiger charge is 2.28. The number of hydrogen-bond acceptors (Lipinski definition) is 6. The molecule has 29 heavy (non-hydrogen) atoms. The molecule has 0 aliphatic carbocycles. The van der Waals surface area contributed by atoms with Crippen LogP contribution < -0.4 is 10.2 Å². The first-order valence-electron chi connectivity index (χ1n) is 10.0. The lowest BCUT2D eigenvalue weighted by atomic mass is 9.96. The van der Waals surface area contributed by atoms with Gasteiger partial charge in [0.2, 0.25) is 5.91 Å². The molecule has 1 atom stereocenters. The van der Waals surface area contributed by atoms with Gasteiger partial charge in [-0.1, -0.05) is 41.9 Å². The monoisotopic (exact) mass is 413 g/mol. The third kappa shape index (κ3) is 4.19. The van der Waals surface area contributed by atoms with Crippen LogP contribution in [0.3, 0.4) is 0 Å². The summed E-state index contributed by atoms with van der Waals surface area (Å²) in [5.74, 6) is 0.805. The number of amides is 1. The molecule has 1 amide bonds. The molecule has 1 saturated heterocycles. The molecule has 3 aromatic rings. The second kappa shape index (κ2) is 8.78. The van der Waals surface area contributed by atoms with Crippen molar-refractivity contribution < 1.29 is 9.32 Å². The second-order valence-electron chi connectivity index (χ2n) is 7.28. The lowest BCUT2D eigenvalue weighted by Crippen LogP contribution is -2.44. The summed E-state index contributed by atoms with van der Waals surface area (Å²) in [4.78, 5) is 23.6. The van der Waals surface area contributed by atoms with E-state index in [1.54, 1.807) is 0 Å². The average molecular weight is 414 g/mol. The molecule has 0 bridgehead atoms. The highest BCUT2D eigenvalue weighted by molar-refractivity contribution is 6.31. The van der Waals surface area contributed by atoms with Crippen molar-refractivity contribution in [3.05, 3.63) is 46.9 Å². The van der Waals surface area contributed by atoms with Crippen LogP contribution in [0, 0.1) is 5.92 Å². The summed E-state index contributed by atoms with van der Waals surface area (Å²) in [6.45, 7) is 4.07.